The highest BCUT2D eigenvalue weighted by Gasteiger charge is 2.69. The third-order valence-corrected chi connectivity index (χ3v) is 4.52. The first-order valence-corrected chi connectivity index (χ1v) is 7.69. The Balaban J connectivity index is 4.94. The summed E-state index contributed by atoms with van der Waals surface area (Å²) < 4.78 is 169. The van der Waals surface area contributed by atoms with Gasteiger partial charge in [0, 0.05) is 0 Å². The zero-order valence-electron chi connectivity index (χ0n) is 10.5. The Morgan fingerprint density at radius 2 is 0.750 bits per heavy atom. The highest BCUT2D eigenvalue weighted by Crippen LogP contribution is 2.41. The van der Waals surface area contributed by atoms with Crippen molar-refractivity contribution in [3.8, 4) is 0 Å². The van der Waals surface area contributed by atoms with Crippen molar-refractivity contribution in [2.24, 2.45) is 0 Å². The van der Waals surface area contributed by atoms with E-state index in [2.05, 4.69) is 8.37 Å². The van der Waals surface area contributed by atoms with Crippen LogP contribution in [0.4, 0.5) is 43.9 Å². The molecule has 0 N–H and O–H groups in total. The molecule has 0 aliphatic heterocycles. The molecule has 18 heteroatoms. The van der Waals surface area contributed by atoms with Gasteiger partial charge in [-0.1, -0.05) is 0 Å². The Hall–Kier alpha value is -0.880. The van der Waals surface area contributed by atoms with E-state index >= 15 is 0 Å². The fourth-order valence-electron chi connectivity index (χ4n) is 0.719. The summed E-state index contributed by atoms with van der Waals surface area (Å²) in [5.41, 5.74) is 0. The minimum Gasteiger partial charge on any atom is -0.263 e. The lowest BCUT2D eigenvalue weighted by Gasteiger charge is -2.20. The lowest BCUT2D eigenvalue weighted by molar-refractivity contribution is -0.245. The van der Waals surface area contributed by atoms with Gasteiger partial charge in [-0.2, -0.15) is 60.7 Å². The van der Waals surface area contributed by atoms with E-state index in [0.717, 1.165) is 0 Å². The predicted molar refractivity (Wildman–Crippen MR) is 51.7 cm³/mol. The Morgan fingerprint density at radius 1 is 0.542 bits per heavy atom. The average molecular weight is 426 g/mol. The van der Waals surface area contributed by atoms with Crippen molar-refractivity contribution in [3.63, 3.8) is 0 Å². The molecular formula is C6H4F10O6S2. The van der Waals surface area contributed by atoms with Gasteiger partial charge < -0.3 is 0 Å². The van der Waals surface area contributed by atoms with Gasteiger partial charge in [-0.3, -0.25) is 8.37 Å². The molecule has 0 heterocycles. The second-order valence-electron chi connectivity index (χ2n) is 3.58. The van der Waals surface area contributed by atoms with Gasteiger partial charge in [0.05, 0.1) is 13.2 Å². The van der Waals surface area contributed by atoms with Crippen LogP contribution >= 0.6 is 0 Å². The number of hydrogen-bond acceptors (Lipinski definition) is 6. The van der Waals surface area contributed by atoms with Gasteiger partial charge in [-0.15, -0.1) is 0 Å². The highest BCUT2D eigenvalue weighted by molar-refractivity contribution is 7.88. The zero-order chi connectivity index (χ0) is 19.8. The summed E-state index contributed by atoms with van der Waals surface area (Å²) in [4.78, 5) is 0. The topological polar surface area (TPSA) is 86.7 Å². The number of halogens is 10. The summed E-state index contributed by atoms with van der Waals surface area (Å²) in [6, 6.07) is 0. The van der Waals surface area contributed by atoms with E-state index in [0.29, 0.717) is 0 Å². The average Bonchev–Trinajstić information content (AvgIpc) is 2.31. The van der Waals surface area contributed by atoms with E-state index < -0.39 is 56.3 Å². The first kappa shape index (κ1) is 23.1. The smallest absolute Gasteiger partial charge is 0.263 e. The van der Waals surface area contributed by atoms with Crippen molar-refractivity contribution in [3.05, 3.63) is 0 Å². The van der Waals surface area contributed by atoms with Gasteiger partial charge in [0.1, 0.15) is 0 Å². The first-order chi connectivity index (χ1) is 10.2. The SMILES string of the molecule is O=S(=O)(OCCOS(=O)(=O)C(F)(F)C(F)(F)F)C(F)(F)C(F)(F)F. The monoisotopic (exact) mass is 426 g/mol. The molecule has 0 radical (unpaired) electrons. The molecule has 0 amide bonds. The molecule has 0 rings (SSSR count). The fourth-order valence-corrected chi connectivity index (χ4v) is 2.16. The summed E-state index contributed by atoms with van der Waals surface area (Å²) >= 11 is 0. The Kier molecular flexibility index (Phi) is 6.21. The Morgan fingerprint density at radius 3 is 0.917 bits per heavy atom. The van der Waals surface area contributed by atoms with Crippen molar-refractivity contribution in [1.29, 1.82) is 0 Å². The number of hydrogen-bond donors (Lipinski definition) is 0. The number of alkyl halides is 10. The molecule has 0 spiro atoms. The minimum absolute atomic E-state index is 2.03. The fraction of sp³-hybridized carbons (Fsp3) is 1.00. The largest absolute Gasteiger partial charge is 0.472 e. The summed E-state index contributed by atoms with van der Waals surface area (Å²) in [6.45, 7) is -4.05. The van der Waals surface area contributed by atoms with E-state index in [1.54, 1.807) is 0 Å². The van der Waals surface area contributed by atoms with Crippen LogP contribution in [0.3, 0.4) is 0 Å². The third-order valence-electron chi connectivity index (χ3n) is 1.85. The predicted octanol–water partition coefficient (Wildman–Crippen LogP) is 1.99. The zero-order valence-corrected chi connectivity index (χ0v) is 12.1. The maximum absolute atomic E-state index is 12.4. The molecule has 0 aromatic rings. The van der Waals surface area contributed by atoms with Crippen molar-refractivity contribution in [1.82, 2.24) is 0 Å². The Labute approximate surface area is 126 Å². The highest BCUT2D eigenvalue weighted by atomic mass is 32.2. The van der Waals surface area contributed by atoms with E-state index in [9.17, 15) is 60.7 Å². The third kappa shape index (κ3) is 4.39. The van der Waals surface area contributed by atoms with Crippen LogP contribution in [0.15, 0.2) is 0 Å². The molecule has 0 fully saturated rings. The van der Waals surface area contributed by atoms with Crippen molar-refractivity contribution in [2.45, 2.75) is 22.9 Å². The summed E-state index contributed by atoms with van der Waals surface area (Å²) in [6.07, 6.45) is -13.3. The summed E-state index contributed by atoms with van der Waals surface area (Å²) in [7, 11) is -13.5. The van der Waals surface area contributed by atoms with Gasteiger partial charge in [0.25, 0.3) is 0 Å². The molecule has 0 aliphatic carbocycles. The van der Waals surface area contributed by atoms with Crippen LogP contribution in [-0.2, 0) is 28.6 Å². The van der Waals surface area contributed by atoms with E-state index in [1.165, 1.54) is 0 Å². The van der Waals surface area contributed by atoms with E-state index in [4.69, 9.17) is 0 Å². The van der Waals surface area contributed by atoms with Crippen LogP contribution in [0.5, 0.6) is 0 Å². The molecule has 24 heavy (non-hydrogen) atoms. The minimum atomic E-state index is -6.74. The molecule has 6 nitrogen and oxygen atoms in total. The molecule has 0 unspecified atom stereocenters. The second-order valence-corrected chi connectivity index (χ2v) is 6.89. The van der Waals surface area contributed by atoms with Gasteiger partial charge in [0.15, 0.2) is 0 Å². The molecule has 146 valence electrons. The quantitative estimate of drug-likeness (QED) is 0.352. The van der Waals surface area contributed by atoms with Gasteiger partial charge in [-0.05, 0) is 0 Å². The van der Waals surface area contributed by atoms with Gasteiger partial charge in [0.2, 0.25) is 0 Å². The van der Waals surface area contributed by atoms with Crippen molar-refractivity contribution >= 4 is 20.2 Å². The summed E-state index contributed by atoms with van der Waals surface area (Å²) in [5, 5.41) is -12.9. The normalized spacial score (nSPS) is 15.6. The van der Waals surface area contributed by atoms with Crippen LogP contribution in [0.25, 0.3) is 0 Å². The molecule has 0 aromatic heterocycles. The first-order valence-electron chi connectivity index (χ1n) is 4.88. The van der Waals surface area contributed by atoms with Crippen LogP contribution in [0, 0.1) is 0 Å². The van der Waals surface area contributed by atoms with Crippen LogP contribution in [0.1, 0.15) is 0 Å². The molecule has 0 atom stereocenters. The molecule has 0 aliphatic rings. The lowest BCUT2D eigenvalue weighted by Crippen LogP contribution is -2.46. The molecule has 0 bridgehead atoms. The molecule has 0 saturated carbocycles. The molecule has 0 saturated heterocycles. The Bertz CT molecular complexity index is 586. The second kappa shape index (κ2) is 6.45. The van der Waals surface area contributed by atoms with Crippen molar-refractivity contribution in [2.75, 3.05) is 13.2 Å². The number of rotatable bonds is 7. The summed E-state index contributed by atoms with van der Waals surface area (Å²) in [5.74, 6) is 0. The molecule has 0 aromatic carbocycles. The van der Waals surface area contributed by atoms with Crippen LogP contribution < -0.4 is 0 Å². The maximum Gasteiger partial charge on any atom is 0.472 e. The van der Waals surface area contributed by atoms with Gasteiger partial charge in [-0.25, -0.2) is 0 Å². The van der Waals surface area contributed by atoms with Crippen LogP contribution in [-0.4, -0.2) is 52.9 Å². The standard InChI is InChI=1S/C6H4F10O6S2/c7-3(8,9)5(13,14)23(17,18)21-1-2-22-24(19,20)6(15,16)4(10,11)12/h1-2H2. The van der Waals surface area contributed by atoms with E-state index in [1.807, 2.05) is 0 Å². The lowest BCUT2D eigenvalue weighted by atomic mass is 10.7. The van der Waals surface area contributed by atoms with Crippen molar-refractivity contribution < 1.29 is 69.1 Å². The molecular weight excluding hydrogens is 422 g/mol. The van der Waals surface area contributed by atoms with E-state index in [-0.39, 0.29) is 0 Å². The maximum atomic E-state index is 12.4. The van der Waals surface area contributed by atoms with Gasteiger partial charge >= 0.3 is 43.1 Å². The van der Waals surface area contributed by atoms with Crippen LogP contribution in [0.2, 0.25) is 0 Å².